The van der Waals surface area contributed by atoms with Crippen molar-refractivity contribution in [2.24, 2.45) is 0 Å². The highest BCUT2D eigenvalue weighted by Gasteiger charge is 2.15. The van der Waals surface area contributed by atoms with E-state index in [9.17, 15) is 10.1 Å². The first kappa shape index (κ1) is 22.3. The zero-order valence-electron chi connectivity index (χ0n) is 16.7. The van der Waals surface area contributed by atoms with Gasteiger partial charge in [0.2, 0.25) is 0 Å². The maximum Gasteiger partial charge on any atom is 0.264 e. The molecule has 150 valence electrons. The summed E-state index contributed by atoms with van der Waals surface area (Å²) >= 11 is 3.42. The summed E-state index contributed by atoms with van der Waals surface area (Å²) in [7, 11) is 4.77. The van der Waals surface area contributed by atoms with Crippen LogP contribution in [0.1, 0.15) is 16.7 Å². The second-order valence-electron chi connectivity index (χ2n) is 6.49. The number of amides is 1. The monoisotopic (exact) mass is 454 g/mol. The molecule has 0 saturated heterocycles. The summed E-state index contributed by atoms with van der Waals surface area (Å²) in [6.45, 7) is 4.19. The van der Waals surface area contributed by atoms with Gasteiger partial charge >= 0.3 is 0 Å². The van der Waals surface area contributed by atoms with Gasteiger partial charge in [-0.05, 0) is 47.9 Å². The topological polar surface area (TPSA) is 62.6 Å². The van der Waals surface area contributed by atoms with E-state index >= 15 is 0 Å². The van der Waals surface area contributed by atoms with Crippen LogP contribution in [0.3, 0.4) is 0 Å². The Balaban J connectivity index is 2.41. The van der Waals surface area contributed by atoms with Crippen LogP contribution < -0.4 is 9.47 Å². The average Bonchev–Trinajstić information content (AvgIpc) is 2.71. The Labute approximate surface area is 180 Å². The Bertz CT molecular complexity index is 957. The molecule has 0 aromatic heterocycles. The number of benzene rings is 2. The van der Waals surface area contributed by atoms with Crippen LogP contribution in [0.15, 0.2) is 59.1 Å². The van der Waals surface area contributed by atoms with Crippen LogP contribution in [0.25, 0.3) is 6.08 Å². The summed E-state index contributed by atoms with van der Waals surface area (Å²) in [4.78, 5) is 13.5. The van der Waals surface area contributed by atoms with Crippen LogP contribution in [-0.2, 0) is 17.8 Å². The molecule has 0 heterocycles. The molecule has 0 bridgehead atoms. The molecule has 2 aromatic carbocycles. The standard InChI is InChI=1S/C23H23BrN2O3/c1-5-6-18-11-17(12-19(14-25)23(27)26(2)3)13-21(28-4)22(18)29-15-16-7-9-20(24)10-8-16/h5,7-13H,1,6,15H2,2-4H3/b19-12-. The molecule has 5 nitrogen and oxygen atoms in total. The number of hydrogen-bond acceptors (Lipinski definition) is 4. The predicted octanol–water partition coefficient (Wildman–Crippen LogP) is 4.76. The van der Waals surface area contributed by atoms with Gasteiger partial charge in [0.1, 0.15) is 18.2 Å². The molecule has 0 unspecified atom stereocenters. The van der Waals surface area contributed by atoms with E-state index in [-0.39, 0.29) is 11.5 Å². The highest BCUT2D eigenvalue weighted by molar-refractivity contribution is 9.10. The van der Waals surface area contributed by atoms with Crippen molar-refractivity contribution in [3.63, 3.8) is 0 Å². The number of nitrogens with zero attached hydrogens (tertiary/aromatic N) is 2. The Kier molecular flexibility index (Phi) is 8.05. The van der Waals surface area contributed by atoms with Gasteiger partial charge in [0, 0.05) is 24.1 Å². The zero-order chi connectivity index (χ0) is 21.4. The number of likely N-dealkylation sites (N-methyl/N-ethyl adjacent to an activating group) is 1. The van der Waals surface area contributed by atoms with E-state index in [0.717, 1.165) is 15.6 Å². The molecule has 2 rings (SSSR count). The van der Waals surface area contributed by atoms with Crippen LogP contribution in [0.4, 0.5) is 0 Å². The lowest BCUT2D eigenvalue weighted by molar-refractivity contribution is -0.124. The van der Waals surface area contributed by atoms with Crippen LogP contribution >= 0.6 is 15.9 Å². The fraction of sp³-hybridized carbons (Fsp3) is 0.217. The second kappa shape index (κ2) is 10.5. The lowest BCUT2D eigenvalue weighted by Crippen LogP contribution is -2.22. The molecule has 0 fully saturated rings. The lowest BCUT2D eigenvalue weighted by Gasteiger charge is -2.16. The molecule has 0 saturated carbocycles. The first-order valence-electron chi connectivity index (χ1n) is 8.92. The van der Waals surface area contributed by atoms with Crippen LogP contribution in [0, 0.1) is 11.3 Å². The summed E-state index contributed by atoms with van der Waals surface area (Å²) in [6, 6.07) is 13.5. The lowest BCUT2D eigenvalue weighted by atomic mass is 10.0. The number of hydrogen-bond donors (Lipinski definition) is 0. The number of ether oxygens (including phenoxy) is 2. The van der Waals surface area contributed by atoms with Crippen molar-refractivity contribution >= 4 is 27.9 Å². The van der Waals surface area contributed by atoms with Crippen LogP contribution in [0.5, 0.6) is 11.5 Å². The number of halogens is 1. The van der Waals surface area contributed by atoms with Gasteiger partial charge in [0.25, 0.3) is 5.91 Å². The van der Waals surface area contributed by atoms with E-state index < -0.39 is 0 Å². The SMILES string of the molecule is C=CCc1cc(/C=C(/C#N)C(=O)N(C)C)cc(OC)c1OCc1ccc(Br)cc1. The third-order valence-electron chi connectivity index (χ3n) is 4.10. The van der Waals surface area contributed by atoms with Gasteiger partial charge in [-0.1, -0.05) is 34.1 Å². The molecule has 0 radical (unpaired) electrons. The number of carbonyl (C=O) groups excluding carboxylic acids is 1. The van der Waals surface area contributed by atoms with Gasteiger partial charge in [-0.2, -0.15) is 5.26 Å². The fourth-order valence-electron chi connectivity index (χ4n) is 2.68. The minimum atomic E-state index is -0.354. The molecular formula is C23H23BrN2O3. The molecule has 1 amide bonds. The minimum absolute atomic E-state index is 0.0464. The highest BCUT2D eigenvalue weighted by Crippen LogP contribution is 2.35. The Morgan fingerprint density at radius 2 is 1.97 bits per heavy atom. The number of nitriles is 1. The van der Waals surface area contributed by atoms with Gasteiger partial charge in [0.15, 0.2) is 11.5 Å². The summed E-state index contributed by atoms with van der Waals surface area (Å²) < 4.78 is 12.6. The van der Waals surface area contributed by atoms with Crippen molar-refractivity contribution in [3.8, 4) is 17.6 Å². The second-order valence-corrected chi connectivity index (χ2v) is 7.40. The normalized spacial score (nSPS) is 10.8. The molecule has 0 aliphatic heterocycles. The van der Waals surface area contributed by atoms with E-state index in [1.807, 2.05) is 36.4 Å². The first-order valence-corrected chi connectivity index (χ1v) is 9.71. The van der Waals surface area contributed by atoms with Crippen LogP contribution in [0.2, 0.25) is 0 Å². The Hall–Kier alpha value is -3.04. The summed E-state index contributed by atoms with van der Waals surface area (Å²) in [5.74, 6) is 0.791. The van der Waals surface area contributed by atoms with Crippen molar-refractivity contribution in [1.82, 2.24) is 4.90 Å². The number of carbonyl (C=O) groups is 1. The molecule has 6 heteroatoms. The molecule has 2 aromatic rings. The maximum atomic E-state index is 12.2. The van der Waals surface area contributed by atoms with Crippen molar-refractivity contribution in [2.75, 3.05) is 21.2 Å². The highest BCUT2D eigenvalue weighted by atomic mass is 79.9. The summed E-state index contributed by atoms with van der Waals surface area (Å²) in [6.07, 6.45) is 3.87. The van der Waals surface area contributed by atoms with Crippen molar-refractivity contribution in [3.05, 3.63) is 75.8 Å². The molecule has 0 aliphatic rings. The van der Waals surface area contributed by atoms with Crippen molar-refractivity contribution < 1.29 is 14.3 Å². The first-order chi connectivity index (χ1) is 13.9. The van der Waals surface area contributed by atoms with E-state index in [2.05, 4.69) is 22.5 Å². The number of rotatable bonds is 8. The molecule has 0 atom stereocenters. The van der Waals surface area contributed by atoms with E-state index in [0.29, 0.717) is 30.1 Å². The molecular weight excluding hydrogens is 432 g/mol. The Morgan fingerprint density at radius 3 is 2.52 bits per heavy atom. The molecule has 29 heavy (non-hydrogen) atoms. The quantitative estimate of drug-likeness (QED) is 0.327. The van der Waals surface area contributed by atoms with E-state index in [1.165, 1.54) is 4.90 Å². The van der Waals surface area contributed by atoms with Crippen LogP contribution in [-0.4, -0.2) is 32.0 Å². The van der Waals surface area contributed by atoms with E-state index in [1.54, 1.807) is 39.4 Å². The third kappa shape index (κ3) is 5.97. The zero-order valence-corrected chi connectivity index (χ0v) is 18.3. The van der Waals surface area contributed by atoms with Gasteiger partial charge in [0.05, 0.1) is 7.11 Å². The van der Waals surface area contributed by atoms with Gasteiger partial charge in [-0.25, -0.2) is 0 Å². The summed E-state index contributed by atoms with van der Waals surface area (Å²) in [5.41, 5.74) is 2.61. The molecule has 0 aliphatic carbocycles. The molecule has 0 spiro atoms. The van der Waals surface area contributed by atoms with Gasteiger partial charge in [-0.3, -0.25) is 4.79 Å². The third-order valence-corrected chi connectivity index (χ3v) is 4.63. The van der Waals surface area contributed by atoms with Crippen molar-refractivity contribution in [2.45, 2.75) is 13.0 Å². The van der Waals surface area contributed by atoms with Crippen molar-refractivity contribution in [1.29, 1.82) is 5.26 Å². The fourth-order valence-corrected chi connectivity index (χ4v) is 2.94. The number of allylic oxidation sites excluding steroid dienone is 1. The number of methoxy groups -OCH3 is 1. The average molecular weight is 455 g/mol. The van der Waals surface area contributed by atoms with Gasteiger partial charge < -0.3 is 14.4 Å². The smallest absolute Gasteiger partial charge is 0.264 e. The Morgan fingerprint density at radius 1 is 1.28 bits per heavy atom. The van der Waals surface area contributed by atoms with E-state index in [4.69, 9.17) is 9.47 Å². The predicted molar refractivity (Wildman–Crippen MR) is 118 cm³/mol. The maximum absolute atomic E-state index is 12.2. The molecule has 0 N–H and O–H groups in total. The largest absolute Gasteiger partial charge is 0.493 e. The van der Waals surface area contributed by atoms with Gasteiger partial charge in [-0.15, -0.1) is 6.58 Å². The summed E-state index contributed by atoms with van der Waals surface area (Å²) in [5, 5.41) is 9.35. The minimum Gasteiger partial charge on any atom is -0.493 e.